The fourth-order valence-electron chi connectivity index (χ4n) is 4.00. The lowest BCUT2D eigenvalue weighted by atomic mass is 9.90. The van der Waals surface area contributed by atoms with Gasteiger partial charge in [-0.2, -0.15) is 0 Å². The Labute approximate surface area is 163 Å². The minimum Gasteiger partial charge on any atom is -0.316 e. The molecule has 0 radical (unpaired) electrons. The summed E-state index contributed by atoms with van der Waals surface area (Å²) < 4.78 is 0. The molecule has 1 aliphatic heterocycles. The number of Topliss-reactive ketones (excluding diaryl/α,β-unsaturated/α-hetero) is 1. The lowest BCUT2D eigenvalue weighted by molar-refractivity contribution is -0.147. The molecule has 0 saturated carbocycles. The number of aromatic nitrogens is 1. The Balaban J connectivity index is 2.09. The second kappa shape index (κ2) is 8.48. The van der Waals surface area contributed by atoms with Crippen molar-refractivity contribution >= 4 is 28.5 Å². The zero-order valence-electron chi connectivity index (χ0n) is 16.1. The fourth-order valence-corrected chi connectivity index (χ4v) is 4.00. The van der Waals surface area contributed by atoms with Crippen LogP contribution in [-0.2, 0) is 14.4 Å². The molecule has 7 heteroatoms. The summed E-state index contributed by atoms with van der Waals surface area (Å²) in [5, 5.41) is 10.1. The van der Waals surface area contributed by atoms with Crippen LogP contribution in [0.1, 0.15) is 51.1 Å². The minimum atomic E-state index is -0.908. The molecule has 3 rings (SSSR count). The summed E-state index contributed by atoms with van der Waals surface area (Å²) in [4.78, 5) is 43.7. The van der Waals surface area contributed by atoms with E-state index in [0.717, 1.165) is 22.9 Å². The average Bonchev–Trinajstić information content (AvgIpc) is 2.98. The first kappa shape index (κ1) is 19.9. The van der Waals surface area contributed by atoms with E-state index in [1.165, 1.54) is 4.90 Å². The van der Waals surface area contributed by atoms with Gasteiger partial charge in [-0.3, -0.25) is 24.6 Å². The van der Waals surface area contributed by atoms with Crippen LogP contribution in [0.15, 0.2) is 36.5 Å². The van der Waals surface area contributed by atoms with Crippen molar-refractivity contribution in [1.82, 2.24) is 15.4 Å². The number of para-hydroxylation sites is 1. The molecule has 2 aromatic rings. The molecule has 3 unspecified atom stereocenters. The van der Waals surface area contributed by atoms with Crippen molar-refractivity contribution in [2.24, 2.45) is 5.92 Å². The van der Waals surface area contributed by atoms with E-state index in [0.29, 0.717) is 19.3 Å². The highest BCUT2D eigenvalue weighted by Gasteiger charge is 2.51. The molecule has 2 amide bonds. The molecule has 3 atom stereocenters. The highest BCUT2D eigenvalue weighted by atomic mass is 16.5. The standard InChI is InChI=1S/C21H25N3O4/c1-3-5-10-17(20(26)23-28)24-18(15(4-2)19(25)21(24)27)14-11-13-8-6-7-9-16(13)22-12-14/h6-9,11-12,15,17-18,28H,3-5,10H2,1-2H3,(H,23,26). The number of hydrogen-bond acceptors (Lipinski definition) is 5. The second-order valence-electron chi connectivity index (χ2n) is 7.13. The summed E-state index contributed by atoms with van der Waals surface area (Å²) in [5.74, 6) is -2.39. The largest absolute Gasteiger partial charge is 0.316 e. The van der Waals surface area contributed by atoms with Gasteiger partial charge >= 0.3 is 0 Å². The van der Waals surface area contributed by atoms with Gasteiger partial charge in [0.05, 0.1) is 17.5 Å². The highest BCUT2D eigenvalue weighted by molar-refractivity contribution is 6.39. The van der Waals surface area contributed by atoms with Gasteiger partial charge < -0.3 is 4.90 Å². The molecule has 2 N–H and O–H groups in total. The smallest absolute Gasteiger partial charge is 0.291 e. The molecule has 0 spiro atoms. The number of fused-ring (bicyclic) bond motifs is 1. The number of hydrogen-bond donors (Lipinski definition) is 2. The van der Waals surface area contributed by atoms with E-state index in [9.17, 15) is 19.6 Å². The Bertz CT molecular complexity index is 898. The molecule has 2 heterocycles. The first-order valence-electron chi connectivity index (χ1n) is 9.68. The molecule has 1 fully saturated rings. The molecule has 1 aliphatic rings. The van der Waals surface area contributed by atoms with Crippen molar-refractivity contribution in [3.8, 4) is 0 Å². The lowest BCUT2D eigenvalue weighted by Crippen LogP contribution is -2.48. The number of nitrogens with one attached hydrogen (secondary N) is 1. The molecule has 28 heavy (non-hydrogen) atoms. The van der Waals surface area contributed by atoms with E-state index in [-0.39, 0.29) is 0 Å². The van der Waals surface area contributed by atoms with Gasteiger partial charge in [0.2, 0.25) is 5.78 Å². The number of carbonyl (C=O) groups excluding carboxylic acids is 3. The topological polar surface area (TPSA) is 99.6 Å². The van der Waals surface area contributed by atoms with Crippen LogP contribution in [0.25, 0.3) is 10.9 Å². The summed E-state index contributed by atoms with van der Waals surface area (Å²) >= 11 is 0. The van der Waals surface area contributed by atoms with Gasteiger partial charge in [0.25, 0.3) is 11.8 Å². The molecule has 0 aliphatic carbocycles. The fraction of sp³-hybridized carbons (Fsp3) is 0.429. The maximum absolute atomic E-state index is 12.8. The van der Waals surface area contributed by atoms with Crippen LogP contribution >= 0.6 is 0 Å². The number of pyridine rings is 1. The maximum Gasteiger partial charge on any atom is 0.291 e. The number of unbranched alkanes of at least 4 members (excludes halogenated alkanes) is 1. The van der Waals surface area contributed by atoms with Gasteiger partial charge in [-0.05, 0) is 30.5 Å². The van der Waals surface area contributed by atoms with Crippen LogP contribution < -0.4 is 5.48 Å². The molecule has 148 valence electrons. The zero-order valence-corrected chi connectivity index (χ0v) is 16.1. The molecule has 1 saturated heterocycles. The number of nitrogens with zero attached hydrogens (tertiary/aromatic N) is 2. The van der Waals surface area contributed by atoms with Crippen molar-refractivity contribution in [3.05, 3.63) is 42.1 Å². The van der Waals surface area contributed by atoms with Gasteiger partial charge in [-0.1, -0.05) is 44.9 Å². The second-order valence-corrected chi connectivity index (χ2v) is 7.13. The predicted octanol–water partition coefficient (Wildman–Crippen LogP) is 2.78. The number of hydroxylamine groups is 1. The van der Waals surface area contributed by atoms with Gasteiger partial charge in [-0.15, -0.1) is 0 Å². The summed E-state index contributed by atoms with van der Waals surface area (Å²) in [5.41, 5.74) is 3.20. The summed E-state index contributed by atoms with van der Waals surface area (Å²) in [6, 6.07) is 8.04. The van der Waals surface area contributed by atoms with Crippen LogP contribution in [-0.4, -0.2) is 38.7 Å². The monoisotopic (exact) mass is 383 g/mol. The van der Waals surface area contributed by atoms with Crippen LogP contribution in [0.3, 0.4) is 0 Å². The van der Waals surface area contributed by atoms with Gasteiger partial charge in [0, 0.05) is 11.6 Å². The minimum absolute atomic E-state index is 0.371. The summed E-state index contributed by atoms with van der Waals surface area (Å²) in [6.07, 6.45) is 4.03. The van der Waals surface area contributed by atoms with Crippen molar-refractivity contribution in [3.63, 3.8) is 0 Å². The van der Waals surface area contributed by atoms with E-state index in [4.69, 9.17) is 0 Å². The van der Waals surface area contributed by atoms with Crippen molar-refractivity contribution in [1.29, 1.82) is 0 Å². The average molecular weight is 383 g/mol. The number of likely N-dealkylation sites (tertiary alicyclic amines) is 1. The SMILES string of the molecule is CCCCC(C(=O)NO)N1C(=O)C(=O)C(CC)C1c1cnc2ccccc2c1. The Kier molecular flexibility index (Phi) is 6.04. The van der Waals surface area contributed by atoms with E-state index < -0.39 is 35.6 Å². The van der Waals surface area contributed by atoms with E-state index in [1.54, 1.807) is 11.7 Å². The van der Waals surface area contributed by atoms with Crippen LogP contribution in [0.2, 0.25) is 0 Å². The van der Waals surface area contributed by atoms with Gasteiger partial charge in [-0.25, -0.2) is 5.48 Å². The maximum atomic E-state index is 12.8. The number of ketones is 1. The molecule has 1 aromatic heterocycles. The quantitative estimate of drug-likeness (QED) is 0.435. The Morgan fingerprint density at radius 3 is 2.71 bits per heavy atom. The first-order valence-corrected chi connectivity index (χ1v) is 9.68. The highest BCUT2D eigenvalue weighted by Crippen LogP contribution is 2.40. The molecule has 7 nitrogen and oxygen atoms in total. The summed E-state index contributed by atoms with van der Waals surface area (Å²) in [6.45, 7) is 3.83. The van der Waals surface area contributed by atoms with Crippen molar-refractivity contribution in [2.45, 2.75) is 51.6 Å². The van der Waals surface area contributed by atoms with E-state index >= 15 is 0 Å². The zero-order chi connectivity index (χ0) is 20.3. The first-order chi connectivity index (χ1) is 13.5. The third kappa shape index (κ3) is 3.49. The third-order valence-electron chi connectivity index (χ3n) is 5.44. The van der Waals surface area contributed by atoms with Crippen LogP contribution in [0, 0.1) is 5.92 Å². The van der Waals surface area contributed by atoms with Crippen molar-refractivity contribution < 1.29 is 19.6 Å². The Morgan fingerprint density at radius 1 is 1.29 bits per heavy atom. The van der Waals surface area contributed by atoms with Crippen LogP contribution in [0.4, 0.5) is 0 Å². The predicted molar refractivity (Wildman–Crippen MR) is 103 cm³/mol. The van der Waals surface area contributed by atoms with E-state index in [2.05, 4.69) is 4.98 Å². The Morgan fingerprint density at radius 2 is 2.04 bits per heavy atom. The molecular formula is C21H25N3O4. The Hall–Kier alpha value is -2.80. The van der Waals surface area contributed by atoms with Crippen LogP contribution in [0.5, 0.6) is 0 Å². The number of carbonyl (C=O) groups is 3. The van der Waals surface area contributed by atoms with Crippen molar-refractivity contribution in [2.75, 3.05) is 0 Å². The lowest BCUT2D eigenvalue weighted by Gasteiger charge is -2.33. The number of rotatable bonds is 7. The van der Waals surface area contributed by atoms with Gasteiger partial charge in [0.15, 0.2) is 0 Å². The third-order valence-corrected chi connectivity index (χ3v) is 5.44. The number of benzene rings is 1. The van der Waals surface area contributed by atoms with E-state index in [1.807, 2.05) is 44.2 Å². The number of amides is 2. The molecule has 0 bridgehead atoms. The summed E-state index contributed by atoms with van der Waals surface area (Å²) in [7, 11) is 0. The van der Waals surface area contributed by atoms with Gasteiger partial charge in [0.1, 0.15) is 6.04 Å². The normalized spacial score (nSPS) is 20.6. The molecule has 1 aromatic carbocycles. The molecular weight excluding hydrogens is 358 g/mol.